The van der Waals surface area contributed by atoms with Gasteiger partial charge in [-0.05, 0) is 62.1 Å². The van der Waals surface area contributed by atoms with Crippen molar-refractivity contribution in [2.75, 3.05) is 10.7 Å². The molecule has 0 aromatic heterocycles. The van der Waals surface area contributed by atoms with Gasteiger partial charge in [0.15, 0.2) is 0 Å². The summed E-state index contributed by atoms with van der Waals surface area (Å²) in [5.41, 5.74) is 0.332. The number of fused-ring (bicyclic) bond motifs is 2. The number of nitrogens with zero attached hydrogens (tertiary/aromatic N) is 1. The molecule has 35 heavy (non-hydrogen) atoms. The molecule has 1 unspecified atom stereocenters. The summed E-state index contributed by atoms with van der Waals surface area (Å²) in [5, 5.41) is 2.82. The Morgan fingerprint density at radius 1 is 1.26 bits per heavy atom. The second kappa shape index (κ2) is 9.66. The third kappa shape index (κ3) is 4.81. The predicted molar refractivity (Wildman–Crippen MR) is 127 cm³/mol. The lowest BCUT2D eigenvalue weighted by Crippen LogP contribution is -2.49. The minimum atomic E-state index is -2.98. The first-order valence-electron chi connectivity index (χ1n) is 11.5. The number of nitrogens with one attached hydrogen (secondary N) is 1. The molecule has 0 bridgehead atoms. The Balaban J connectivity index is 1.73. The van der Waals surface area contributed by atoms with Gasteiger partial charge in [0.1, 0.15) is 5.75 Å². The van der Waals surface area contributed by atoms with E-state index in [-0.39, 0.29) is 17.4 Å². The summed E-state index contributed by atoms with van der Waals surface area (Å²) in [5.74, 6) is -0.844. The van der Waals surface area contributed by atoms with E-state index >= 15 is 0 Å². The number of amides is 2. The molecule has 2 aromatic carbocycles. The zero-order chi connectivity index (χ0) is 25.4. The van der Waals surface area contributed by atoms with E-state index in [1.807, 2.05) is 0 Å². The van der Waals surface area contributed by atoms with Crippen molar-refractivity contribution in [1.29, 1.82) is 0 Å². The van der Waals surface area contributed by atoms with Crippen LogP contribution < -0.4 is 15.0 Å². The number of benzene rings is 2. The van der Waals surface area contributed by atoms with E-state index in [2.05, 4.69) is 10.1 Å². The topological polar surface area (TPSA) is 98.8 Å². The van der Waals surface area contributed by atoms with Crippen molar-refractivity contribution >= 4 is 34.3 Å². The Bertz CT molecular complexity index is 1170. The molecule has 2 aliphatic rings. The third-order valence-corrected chi connectivity index (χ3v) is 7.89. The lowest BCUT2D eigenvalue weighted by Gasteiger charge is -2.30. The standard InChI is InChI=1S/C25H28F2N2O5S/c1-3-24(2,15-35(32)33)28-21(30)16-9-10-20-19(13-16)25(11-4-5-12-25)22(31)29(20)17-7-6-8-18(14-17)34-23(26)27/h6-10,13-14,23H,3-5,11-12,15H2,1-2H3,(H,28,30)(H,32,33)/p-1/t24-/m1/s1. The molecule has 1 saturated carbocycles. The van der Waals surface area contributed by atoms with E-state index in [4.69, 9.17) is 0 Å². The molecule has 188 valence electrons. The van der Waals surface area contributed by atoms with Gasteiger partial charge in [0.2, 0.25) is 5.91 Å². The largest absolute Gasteiger partial charge is 0.772 e. The lowest BCUT2D eigenvalue weighted by molar-refractivity contribution is -0.122. The van der Waals surface area contributed by atoms with E-state index in [9.17, 15) is 27.1 Å². The van der Waals surface area contributed by atoms with E-state index in [0.29, 0.717) is 36.2 Å². The van der Waals surface area contributed by atoms with Gasteiger partial charge in [0.25, 0.3) is 5.91 Å². The Labute approximate surface area is 205 Å². The molecular formula is C25H27F2N2O5S-. The number of hydrogen-bond acceptors (Lipinski definition) is 5. The highest BCUT2D eigenvalue weighted by atomic mass is 32.2. The summed E-state index contributed by atoms with van der Waals surface area (Å²) in [7, 11) is 0. The van der Waals surface area contributed by atoms with Gasteiger partial charge < -0.3 is 14.6 Å². The van der Waals surface area contributed by atoms with Crippen molar-refractivity contribution in [3.8, 4) is 5.75 Å². The van der Waals surface area contributed by atoms with Crippen molar-refractivity contribution in [2.45, 2.75) is 63.5 Å². The summed E-state index contributed by atoms with van der Waals surface area (Å²) in [6.07, 6.45) is 3.37. The predicted octanol–water partition coefficient (Wildman–Crippen LogP) is 4.56. The molecule has 1 fully saturated rings. The van der Waals surface area contributed by atoms with Gasteiger partial charge in [-0.15, -0.1) is 0 Å². The van der Waals surface area contributed by atoms with Crippen molar-refractivity contribution in [3.05, 3.63) is 53.6 Å². The highest BCUT2D eigenvalue weighted by Crippen LogP contribution is 2.53. The average molecular weight is 506 g/mol. The molecule has 2 atom stereocenters. The molecule has 2 amide bonds. The zero-order valence-electron chi connectivity index (χ0n) is 19.5. The molecule has 0 radical (unpaired) electrons. The molecule has 7 nitrogen and oxygen atoms in total. The van der Waals surface area contributed by atoms with Gasteiger partial charge >= 0.3 is 6.61 Å². The summed E-state index contributed by atoms with van der Waals surface area (Å²) < 4.78 is 52.5. The van der Waals surface area contributed by atoms with E-state index < -0.39 is 34.6 Å². The van der Waals surface area contributed by atoms with Crippen LogP contribution in [0.3, 0.4) is 0 Å². The van der Waals surface area contributed by atoms with Crippen LogP contribution in [0.15, 0.2) is 42.5 Å². The van der Waals surface area contributed by atoms with E-state index in [1.165, 1.54) is 17.0 Å². The molecule has 1 heterocycles. The summed E-state index contributed by atoms with van der Waals surface area (Å²) >= 11 is -2.32. The van der Waals surface area contributed by atoms with Gasteiger partial charge in [-0.2, -0.15) is 8.78 Å². The highest BCUT2D eigenvalue weighted by Gasteiger charge is 2.52. The first kappa shape index (κ1) is 25.2. The number of anilines is 2. The number of halogens is 2. The smallest absolute Gasteiger partial charge is 0.387 e. The molecule has 0 saturated heterocycles. The van der Waals surface area contributed by atoms with Crippen LogP contribution in [0.25, 0.3) is 0 Å². The van der Waals surface area contributed by atoms with Crippen LogP contribution in [0.4, 0.5) is 20.2 Å². The summed E-state index contributed by atoms with van der Waals surface area (Å²) in [4.78, 5) is 28.4. The van der Waals surface area contributed by atoms with Gasteiger partial charge in [0.05, 0.1) is 16.8 Å². The fraction of sp³-hybridized carbons (Fsp3) is 0.440. The van der Waals surface area contributed by atoms with Crippen LogP contribution in [0, 0.1) is 0 Å². The van der Waals surface area contributed by atoms with E-state index in [0.717, 1.165) is 18.4 Å². The van der Waals surface area contributed by atoms with Crippen LogP contribution in [0.2, 0.25) is 0 Å². The first-order valence-corrected chi connectivity index (χ1v) is 12.8. The summed E-state index contributed by atoms with van der Waals surface area (Å²) in [6, 6.07) is 11.0. The molecule has 1 aliphatic carbocycles. The van der Waals surface area contributed by atoms with E-state index in [1.54, 1.807) is 44.2 Å². The molecular weight excluding hydrogens is 478 g/mol. The summed E-state index contributed by atoms with van der Waals surface area (Å²) in [6.45, 7) is 0.486. The first-order chi connectivity index (χ1) is 16.6. The zero-order valence-corrected chi connectivity index (χ0v) is 20.3. The number of hydrogen-bond donors (Lipinski definition) is 1. The van der Waals surface area contributed by atoms with Crippen LogP contribution in [0.5, 0.6) is 5.75 Å². The quantitative estimate of drug-likeness (QED) is 0.531. The minimum absolute atomic E-state index is 0.0511. The van der Waals surface area contributed by atoms with Gasteiger partial charge in [-0.3, -0.25) is 18.7 Å². The molecule has 1 N–H and O–H groups in total. The Kier molecular flexibility index (Phi) is 6.97. The fourth-order valence-corrected chi connectivity index (χ4v) is 5.84. The molecule has 1 aliphatic heterocycles. The van der Waals surface area contributed by atoms with Crippen molar-refractivity contribution in [2.24, 2.45) is 0 Å². The van der Waals surface area contributed by atoms with Gasteiger partial charge in [-0.1, -0.05) is 36.9 Å². The van der Waals surface area contributed by atoms with Crippen molar-refractivity contribution < 1.29 is 31.9 Å². The second-order valence-corrected chi connectivity index (χ2v) is 10.3. The monoisotopic (exact) mass is 505 g/mol. The SMILES string of the molecule is CC[C@](C)(CS(=O)[O-])NC(=O)c1ccc2c(c1)C1(CCCC1)C(=O)N2c1cccc(OC(F)F)c1. The fourth-order valence-electron chi connectivity index (χ4n) is 5.04. The maximum Gasteiger partial charge on any atom is 0.387 e. The van der Waals surface area contributed by atoms with Crippen LogP contribution in [-0.2, 0) is 21.3 Å². The lowest BCUT2D eigenvalue weighted by atomic mass is 9.79. The number of ether oxygens (including phenoxy) is 1. The Morgan fingerprint density at radius 2 is 1.97 bits per heavy atom. The number of alkyl halides is 2. The Hall–Kier alpha value is -2.85. The van der Waals surface area contributed by atoms with Gasteiger partial charge in [-0.25, -0.2) is 0 Å². The molecule has 1 spiro atoms. The molecule has 4 rings (SSSR count). The molecule has 10 heteroatoms. The van der Waals surface area contributed by atoms with Crippen LogP contribution in [-0.4, -0.2) is 38.5 Å². The average Bonchev–Trinajstić information content (AvgIpc) is 3.37. The van der Waals surface area contributed by atoms with Crippen LogP contribution >= 0.6 is 0 Å². The number of carbonyl (C=O) groups excluding carboxylic acids is 2. The number of rotatable bonds is 8. The number of carbonyl (C=O) groups is 2. The van der Waals surface area contributed by atoms with Crippen LogP contribution in [0.1, 0.15) is 61.9 Å². The maximum atomic E-state index is 13.8. The Morgan fingerprint density at radius 3 is 2.60 bits per heavy atom. The van der Waals surface area contributed by atoms with Crippen molar-refractivity contribution in [3.63, 3.8) is 0 Å². The van der Waals surface area contributed by atoms with Crippen molar-refractivity contribution in [1.82, 2.24) is 5.32 Å². The normalized spacial score (nSPS) is 19.0. The van der Waals surface area contributed by atoms with Gasteiger partial charge in [0, 0.05) is 22.9 Å². The second-order valence-electron chi connectivity index (χ2n) is 9.35. The molecule has 2 aromatic rings. The highest BCUT2D eigenvalue weighted by molar-refractivity contribution is 7.79. The maximum absolute atomic E-state index is 13.8. The minimum Gasteiger partial charge on any atom is -0.772 e. The third-order valence-electron chi connectivity index (χ3n) is 7.02.